The Balaban J connectivity index is 0. The number of carbonyl (C=O) groups is 1. The standard InChI is InChI=1S/C9H19NO2.Na.H/c1-4-5-6-7-10(3)8(2)9(11)12;;/h8H,4-7H2,1-3H3,(H,11,12);;/t8-;;/m0../s1. The Kier molecular flexibility index (Phi) is 11.0. The van der Waals surface area contributed by atoms with Gasteiger partial charge in [-0.15, -0.1) is 0 Å². The van der Waals surface area contributed by atoms with Crippen LogP contribution in [-0.2, 0) is 4.79 Å². The van der Waals surface area contributed by atoms with Crippen molar-refractivity contribution in [2.75, 3.05) is 13.6 Å². The van der Waals surface area contributed by atoms with Gasteiger partial charge in [-0.05, 0) is 26.9 Å². The second kappa shape index (κ2) is 9.00. The van der Waals surface area contributed by atoms with Crippen molar-refractivity contribution in [3.63, 3.8) is 0 Å². The van der Waals surface area contributed by atoms with E-state index in [0.29, 0.717) is 0 Å². The van der Waals surface area contributed by atoms with Crippen LogP contribution in [0.1, 0.15) is 33.1 Å². The van der Waals surface area contributed by atoms with Gasteiger partial charge < -0.3 is 5.11 Å². The van der Waals surface area contributed by atoms with Crippen LogP contribution in [0.5, 0.6) is 0 Å². The van der Waals surface area contributed by atoms with Gasteiger partial charge in [0.25, 0.3) is 0 Å². The molecule has 0 spiro atoms. The summed E-state index contributed by atoms with van der Waals surface area (Å²) in [6, 6.07) is -0.359. The van der Waals surface area contributed by atoms with Gasteiger partial charge in [-0.25, -0.2) is 0 Å². The quantitative estimate of drug-likeness (QED) is 0.508. The minimum atomic E-state index is -0.742. The molecule has 0 aromatic heterocycles. The van der Waals surface area contributed by atoms with Gasteiger partial charge in [-0.3, -0.25) is 9.69 Å². The Bertz CT molecular complexity index is 142. The van der Waals surface area contributed by atoms with E-state index in [1.165, 1.54) is 12.8 Å². The van der Waals surface area contributed by atoms with E-state index in [-0.39, 0.29) is 35.6 Å². The summed E-state index contributed by atoms with van der Waals surface area (Å²) >= 11 is 0. The number of rotatable bonds is 6. The van der Waals surface area contributed by atoms with Crippen molar-refractivity contribution < 1.29 is 9.90 Å². The molecule has 0 amide bonds. The van der Waals surface area contributed by atoms with Crippen molar-refractivity contribution in [1.29, 1.82) is 0 Å². The number of aliphatic carboxylic acids is 1. The van der Waals surface area contributed by atoms with Gasteiger partial charge in [-0.2, -0.15) is 0 Å². The van der Waals surface area contributed by atoms with Crippen molar-refractivity contribution >= 4 is 35.5 Å². The number of hydrogen-bond donors (Lipinski definition) is 1. The van der Waals surface area contributed by atoms with E-state index < -0.39 is 5.97 Å². The first-order valence-electron chi connectivity index (χ1n) is 4.52. The molecule has 0 unspecified atom stereocenters. The van der Waals surface area contributed by atoms with Crippen LogP contribution in [0.25, 0.3) is 0 Å². The van der Waals surface area contributed by atoms with Crippen LogP contribution < -0.4 is 0 Å². The summed E-state index contributed by atoms with van der Waals surface area (Å²) in [7, 11) is 1.86. The predicted octanol–water partition coefficient (Wildman–Crippen LogP) is 0.933. The summed E-state index contributed by atoms with van der Waals surface area (Å²) in [6.07, 6.45) is 3.44. The zero-order valence-electron chi connectivity index (χ0n) is 8.21. The fourth-order valence-corrected chi connectivity index (χ4v) is 0.993. The number of likely N-dealkylation sites (N-methyl/N-ethyl adjacent to an activating group) is 1. The second-order valence-electron chi connectivity index (χ2n) is 3.20. The zero-order valence-corrected chi connectivity index (χ0v) is 8.21. The number of nitrogens with zero attached hydrogens (tertiary/aromatic N) is 1. The third kappa shape index (κ3) is 7.50. The first kappa shape index (κ1) is 15.9. The molecule has 0 aliphatic rings. The van der Waals surface area contributed by atoms with Gasteiger partial charge in [0, 0.05) is 0 Å². The van der Waals surface area contributed by atoms with Crippen molar-refractivity contribution in [1.82, 2.24) is 4.90 Å². The molecule has 0 aliphatic carbocycles. The van der Waals surface area contributed by atoms with Gasteiger partial charge in [0.05, 0.1) is 0 Å². The molecule has 0 aliphatic heterocycles. The van der Waals surface area contributed by atoms with Crippen LogP contribution in [0.15, 0.2) is 0 Å². The molecule has 0 saturated heterocycles. The Morgan fingerprint density at radius 2 is 2.00 bits per heavy atom. The molecule has 0 fully saturated rings. The first-order chi connectivity index (χ1) is 5.59. The molecule has 74 valence electrons. The number of hydrogen-bond acceptors (Lipinski definition) is 2. The summed E-state index contributed by atoms with van der Waals surface area (Å²) in [6.45, 7) is 4.73. The third-order valence-corrected chi connectivity index (χ3v) is 2.13. The summed E-state index contributed by atoms with van der Waals surface area (Å²) in [5.41, 5.74) is 0. The normalized spacial score (nSPS) is 12.3. The van der Waals surface area contributed by atoms with E-state index >= 15 is 0 Å². The number of unbranched alkanes of at least 4 members (excludes halogenated alkanes) is 2. The van der Waals surface area contributed by atoms with Crippen LogP contribution in [0.4, 0.5) is 0 Å². The molecule has 0 heterocycles. The van der Waals surface area contributed by atoms with Crippen molar-refractivity contribution in [3.8, 4) is 0 Å². The molecule has 0 rings (SSSR count). The Morgan fingerprint density at radius 3 is 2.38 bits per heavy atom. The van der Waals surface area contributed by atoms with Crippen molar-refractivity contribution in [2.24, 2.45) is 0 Å². The maximum absolute atomic E-state index is 10.5. The average Bonchev–Trinajstić information content (AvgIpc) is 2.03. The van der Waals surface area contributed by atoms with Crippen molar-refractivity contribution in [2.45, 2.75) is 39.2 Å². The molecule has 1 atom stereocenters. The molecule has 4 heteroatoms. The molecule has 0 aromatic carbocycles. The monoisotopic (exact) mass is 197 g/mol. The van der Waals surface area contributed by atoms with Gasteiger partial charge in [0.15, 0.2) is 0 Å². The Hall–Kier alpha value is 0.430. The van der Waals surface area contributed by atoms with E-state index in [1.54, 1.807) is 6.92 Å². The van der Waals surface area contributed by atoms with Gasteiger partial charge in [0.1, 0.15) is 6.04 Å². The molecular formula is C9H20NNaO2. The van der Waals surface area contributed by atoms with E-state index in [2.05, 4.69) is 6.92 Å². The zero-order chi connectivity index (χ0) is 9.56. The fourth-order valence-electron chi connectivity index (χ4n) is 0.993. The number of carboxylic acid groups (broad SMARTS) is 1. The average molecular weight is 197 g/mol. The van der Waals surface area contributed by atoms with Gasteiger partial charge in [-0.1, -0.05) is 19.8 Å². The maximum atomic E-state index is 10.5. The third-order valence-electron chi connectivity index (χ3n) is 2.13. The summed E-state index contributed by atoms with van der Waals surface area (Å²) in [5.74, 6) is -0.742. The molecular weight excluding hydrogens is 177 g/mol. The topological polar surface area (TPSA) is 40.5 Å². The van der Waals surface area contributed by atoms with Crippen LogP contribution >= 0.6 is 0 Å². The minimum absolute atomic E-state index is 0. The predicted molar refractivity (Wildman–Crippen MR) is 56.4 cm³/mol. The van der Waals surface area contributed by atoms with Crippen molar-refractivity contribution in [3.05, 3.63) is 0 Å². The van der Waals surface area contributed by atoms with E-state index in [0.717, 1.165) is 13.0 Å². The SMILES string of the molecule is CCCCCN(C)[C@@H](C)C(=O)O.[NaH]. The molecule has 0 radical (unpaired) electrons. The first-order valence-corrected chi connectivity index (χ1v) is 4.52. The van der Waals surface area contributed by atoms with Crippen LogP contribution in [-0.4, -0.2) is 65.2 Å². The Labute approximate surface area is 103 Å². The second-order valence-corrected chi connectivity index (χ2v) is 3.20. The van der Waals surface area contributed by atoms with Crippen LogP contribution in [0, 0.1) is 0 Å². The van der Waals surface area contributed by atoms with E-state index in [9.17, 15) is 4.79 Å². The molecule has 13 heavy (non-hydrogen) atoms. The summed E-state index contributed by atoms with van der Waals surface area (Å²) in [5, 5.41) is 8.67. The molecule has 3 nitrogen and oxygen atoms in total. The van der Waals surface area contributed by atoms with E-state index in [1.807, 2.05) is 11.9 Å². The number of carboxylic acids is 1. The fraction of sp³-hybridized carbons (Fsp3) is 0.889. The molecule has 0 saturated carbocycles. The molecule has 1 N–H and O–H groups in total. The molecule has 0 bridgehead atoms. The summed E-state index contributed by atoms with van der Waals surface area (Å²) < 4.78 is 0. The summed E-state index contributed by atoms with van der Waals surface area (Å²) in [4.78, 5) is 12.4. The van der Waals surface area contributed by atoms with Crippen LogP contribution in [0.2, 0.25) is 0 Å². The van der Waals surface area contributed by atoms with Gasteiger partial charge in [0.2, 0.25) is 0 Å². The van der Waals surface area contributed by atoms with Crippen LogP contribution in [0.3, 0.4) is 0 Å². The Morgan fingerprint density at radius 1 is 1.46 bits per heavy atom. The molecule has 0 aromatic rings. The van der Waals surface area contributed by atoms with Gasteiger partial charge >= 0.3 is 35.5 Å². The van der Waals surface area contributed by atoms with E-state index in [4.69, 9.17) is 5.11 Å².